The van der Waals surface area contributed by atoms with Gasteiger partial charge in [0.05, 0.1) is 13.0 Å². The molecule has 0 amide bonds. The Labute approximate surface area is 133 Å². The van der Waals surface area contributed by atoms with Crippen LogP contribution >= 0.6 is 0 Å². The van der Waals surface area contributed by atoms with Gasteiger partial charge in [-0.15, -0.1) is 0 Å². The van der Waals surface area contributed by atoms with E-state index in [2.05, 4.69) is 0 Å². The van der Waals surface area contributed by atoms with Crippen molar-refractivity contribution in [1.29, 1.82) is 0 Å². The van der Waals surface area contributed by atoms with Crippen molar-refractivity contribution in [3.05, 3.63) is 40.2 Å². The first kappa shape index (κ1) is 16.9. The van der Waals surface area contributed by atoms with Gasteiger partial charge in [0.2, 0.25) is 5.78 Å². The van der Waals surface area contributed by atoms with Crippen molar-refractivity contribution >= 4 is 22.5 Å². The molecule has 0 bridgehead atoms. The fourth-order valence-corrected chi connectivity index (χ4v) is 2.10. The Hall–Kier alpha value is -2.47. The summed E-state index contributed by atoms with van der Waals surface area (Å²) in [5, 5.41) is 0.267. The number of rotatable bonds is 8. The van der Waals surface area contributed by atoms with E-state index in [9.17, 15) is 14.4 Å². The van der Waals surface area contributed by atoms with Gasteiger partial charge in [-0.25, -0.2) is 0 Å². The lowest BCUT2D eigenvalue weighted by atomic mass is 10.1. The standard InChI is InChI=1S/C17H18O6/c1-3-21-7-8-22-14-5-4-6-15-17(14)13(20)10-16(23-15)12(19)9-11(2)18/h4-6,10H,3,7-9H2,1-2H3. The van der Waals surface area contributed by atoms with Gasteiger partial charge in [-0.3, -0.25) is 14.4 Å². The van der Waals surface area contributed by atoms with Gasteiger partial charge >= 0.3 is 0 Å². The zero-order chi connectivity index (χ0) is 16.8. The third kappa shape index (κ3) is 4.26. The third-order valence-electron chi connectivity index (χ3n) is 3.09. The van der Waals surface area contributed by atoms with Crippen LogP contribution in [-0.4, -0.2) is 31.4 Å². The minimum atomic E-state index is -0.515. The van der Waals surface area contributed by atoms with Crippen molar-refractivity contribution in [3.63, 3.8) is 0 Å². The van der Waals surface area contributed by atoms with Crippen molar-refractivity contribution in [1.82, 2.24) is 0 Å². The van der Waals surface area contributed by atoms with Gasteiger partial charge in [-0.2, -0.15) is 0 Å². The van der Waals surface area contributed by atoms with E-state index < -0.39 is 5.78 Å². The molecule has 2 rings (SSSR count). The lowest BCUT2D eigenvalue weighted by Gasteiger charge is -2.09. The lowest BCUT2D eigenvalue weighted by molar-refractivity contribution is -0.116. The van der Waals surface area contributed by atoms with E-state index in [0.717, 1.165) is 6.07 Å². The Bertz CT molecular complexity index is 774. The first-order valence-electron chi connectivity index (χ1n) is 7.33. The number of hydrogen-bond acceptors (Lipinski definition) is 6. The number of fused-ring (bicyclic) bond motifs is 1. The molecule has 0 fully saturated rings. The van der Waals surface area contributed by atoms with Crippen LogP contribution in [0.4, 0.5) is 0 Å². The van der Waals surface area contributed by atoms with E-state index in [1.807, 2.05) is 6.92 Å². The molecule has 0 spiro atoms. The Morgan fingerprint density at radius 3 is 2.70 bits per heavy atom. The van der Waals surface area contributed by atoms with Crippen molar-refractivity contribution < 1.29 is 23.5 Å². The summed E-state index contributed by atoms with van der Waals surface area (Å²) in [5.74, 6) is -0.546. The molecule has 0 aliphatic heterocycles. The largest absolute Gasteiger partial charge is 0.490 e. The van der Waals surface area contributed by atoms with Crippen molar-refractivity contribution in [2.75, 3.05) is 19.8 Å². The summed E-state index contributed by atoms with van der Waals surface area (Å²) in [7, 11) is 0. The average molecular weight is 318 g/mol. The van der Waals surface area contributed by atoms with Crippen LogP contribution in [0.25, 0.3) is 11.0 Å². The van der Waals surface area contributed by atoms with Crippen molar-refractivity contribution in [2.24, 2.45) is 0 Å². The molecule has 122 valence electrons. The average Bonchev–Trinajstić information content (AvgIpc) is 2.50. The van der Waals surface area contributed by atoms with E-state index in [4.69, 9.17) is 13.9 Å². The number of carbonyl (C=O) groups excluding carboxylic acids is 2. The summed E-state index contributed by atoms with van der Waals surface area (Å²) in [4.78, 5) is 35.2. The highest BCUT2D eigenvalue weighted by Gasteiger charge is 2.16. The molecule has 0 radical (unpaired) electrons. The number of carbonyl (C=O) groups is 2. The minimum absolute atomic E-state index is 0.121. The van der Waals surface area contributed by atoms with Gasteiger partial charge in [0.15, 0.2) is 11.2 Å². The maximum absolute atomic E-state index is 12.3. The number of ketones is 2. The normalized spacial score (nSPS) is 10.7. The highest BCUT2D eigenvalue weighted by molar-refractivity contribution is 6.06. The molecule has 1 aromatic heterocycles. The molecule has 0 atom stereocenters. The Morgan fingerprint density at radius 1 is 1.22 bits per heavy atom. The SMILES string of the molecule is CCOCCOc1cccc2oc(C(=O)CC(C)=O)cc(=O)c12. The molecule has 2 aromatic rings. The van der Waals surface area contributed by atoms with E-state index in [-0.39, 0.29) is 34.4 Å². The summed E-state index contributed by atoms with van der Waals surface area (Å²) in [6.45, 7) is 4.49. The third-order valence-corrected chi connectivity index (χ3v) is 3.09. The monoisotopic (exact) mass is 318 g/mol. The van der Waals surface area contributed by atoms with Gasteiger partial charge in [-0.05, 0) is 26.0 Å². The molecule has 0 N–H and O–H groups in total. The quantitative estimate of drug-likeness (QED) is 0.422. The van der Waals surface area contributed by atoms with E-state index >= 15 is 0 Å². The van der Waals surface area contributed by atoms with Crippen LogP contribution in [-0.2, 0) is 9.53 Å². The number of benzene rings is 1. The summed E-state index contributed by atoms with van der Waals surface area (Å²) < 4.78 is 16.2. The molecule has 0 unspecified atom stereocenters. The predicted octanol–water partition coefficient (Wildman–Crippen LogP) is 2.37. The highest BCUT2D eigenvalue weighted by atomic mass is 16.5. The van der Waals surface area contributed by atoms with Crippen LogP contribution < -0.4 is 10.2 Å². The molecule has 0 aliphatic carbocycles. The smallest absolute Gasteiger partial charge is 0.205 e. The minimum Gasteiger partial charge on any atom is -0.490 e. The molecule has 23 heavy (non-hydrogen) atoms. The molecule has 6 heteroatoms. The Morgan fingerprint density at radius 2 is 2.00 bits per heavy atom. The molecule has 0 saturated carbocycles. The van der Waals surface area contributed by atoms with E-state index in [1.165, 1.54) is 6.92 Å². The first-order chi connectivity index (χ1) is 11.0. The van der Waals surface area contributed by atoms with Crippen molar-refractivity contribution in [2.45, 2.75) is 20.3 Å². The van der Waals surface area contributed by atoms with Crippen LogP contribution in [0.15, 0.2) is 33.5 Å². The molecular formula is C17H18O6. The molecule has 1 heterocycles. The maximum atomic E-state index is 12.3. The zero-order valence-electron chi connectivity index (χ0n) is 13.1. The van der Waals surface area contributed by atoms with Gasteiger partial charge in [0.25, 0.3) is 0 Å². The van der Waals surface area contributed by atoms with Crippen LogP contribution in [0.1, 0.15) is 30.8 Å². The summed E-state index contributed by atoms with van der Waals surface area (Å²) in [6, 6.07) is 6.00. The Kier molecular flexibility index (Phi) is 5.65. The summed E-state index contributed by atoms with van der Waals surface area (Å²) in [6.07, 6.45) is -0.293. The van der Waals surface area contributed by atoms with Gasteiger partial charge in [-0.1, -0.05) is 6.07 Å². The fourth-order valence-electron chi connectivity index (χ4n) is 2.10. The molecule has 0 aliphatic rings. The summed E-state index contributed by atoms with van der Waals surface area (Å²) in [5.41, 5.74) is -0.136. The highest BCUT2D eigenvalue weighted by Crippen LogP contribution is 2.23. The predicted molar refractivity (Wildman–Crippen MR) is 84.1 cm³/mol. The topological polar surface area (TPSA) is 82.8 Å². The second-order valence-electron chi connectivity index (χ2n) is 4.95. The second kappa shape index (κ2) is 7.69. The number of ether oxygens (including phenoxy) is 2. The molecule has 1 aromatic carbocycles. The molecule has 0 saturated heterocycles. The number of Topliss-reactive ketones (excluding diaryl/α,β-unsaturated/α-hetero) is 2. The van der Waals surface area contributed by atoms with Crippen molar-refractivity contribution in [3.8, 4) is 5.75 Å². The molecule has 6 nitrogen and oxygen atoms in total. The fraction of sp³-hybridized carbons (Fsp3) is 0.353. The molecular weight excluding hydrogens is 300 g/mol. The zero-order valence-corrected chi connectivity index (χ0v) is 13.1. The number of hydrogen-bond donors (Lipinski definition) is 0. The van der Waals surface area contributed by atoms with Crippen LogP contribution in [0.3, 0.4) is 0 Å². The second-order valence-corrected chi connectivity index (χ2v) is 4.95. The van der Waals surface area contributed by atoms with Gasteiger partial charge in [0.1, 0.15) is 29.1 Å². The van der Waals surface area contributed by atoms with Crippen LogP contribution in [0.2, 0.25) is 0 Å². The Balaban J connectivity index is 2.33. The summed E-state index contributed by atoms with van der Waals surface area (Å²) >= 11 is 0. The van der Waals surface area contributed by atoms with E-state index in [1.54, 1.807) is 18.2 Å². The first-order valence-corrected chi connectivity index (χ1v) is 7.33. The van der Waals surface area contributed by atoms with Gasteiger partial charge < -0.3 is 13.9 Å². The van der Waals surface area contributed by atoms with Gasteiger partial charge in [0, 0.05) is 12.7 Å². The lowest BCUT2D eigenvalue weighted by Crippen LogP contribution is -2.12. The van der Waals surface area contributed by atoms with E-state index in [0.29, 0.717) is 25.6 Å². The van der Waals surface area contributed by atoms with Crippen LogP contribution in [0, 0.1) is 0 Å². The maximum Gasteiger partial charge on any atom is 0.205 e. The van der Waals surface area contributed by atoms with Crippen LogP contribution in [0.5, 0.6) is 5.75 Å².